The predicted molar refractivity (Wildman–Crippen MR) is 105 cm³/mol. The number of halogens is 1. The number of amides is 1. The lowest BCUT2D eigenvalue weighted by atomic mass is 10.0. The van der Waals surface area contributed by atoms with Crippen molar-refractivity contribution in [3.05, 3.63) is 52.5 Å². The topological polar surface area (TPSA) is 66.5 Å². The maximum absolute atomic E-state index is 12.6. The summed E-state index contributed by atoms with van der Waals surface area (Å²) >= 11 is 3.30. The van der Waals surface area contributed by atoms with Crippen molar-refractivity contribution in [1.82, 2.24) is 0 Å². The highest BCUT2D eigenvalue weighted by atomic mass is 79.9. The van der Waals surface area contributed by atoms with Crippen LogP contribution in [0.2, 0.25) is 0 Å². The molecule has 1 fully saturated rings. The third kappa shape index (κ3) is 3.50. The van der Waals surface area contributed by atoms with Crippen molar-refractivity contribution in [2.45, 2.75) is 30.6 Å². The standard InChI is InChI=1S/C19H19BrN2O3S/c20-15-6-9-17(10-7-15)26(24,25)21-16-8-5-13-2-1-11-22(18(13)12-16)19(23)14-3-4-14/h5-10,12,14,21H,1-4,11H2. The van der Waals surface area contributed by atoms with Crippen molar-refractivity contribution in [3.8, 4) is 0 Å². The number of nitrogens with one attached hydrogen (secondary N) is 1. The molecule has 0 atom stereocenters. The van der Waals surface area contributed by atoms with Crippen LogP contribution in [0, 0.1) is 5.92 Å². The van der Waals surface area contributed by atoms with Crippen LogP contribution in [0.15, 0.2) is 51.8 Å². The molecule has 7 heteroatoms. The van der Waals surface area contributed by atoms with Gasteiger partial charge in [-0.1, -0.05) is 22.0 Å². The Morgan fingerprint density at radius 1 is 1.12 bits per heavy atom. The smallest absolute Gasteiger partial charge is 0.261 e. The van der Waals surface area contributed by atoms with Crippen LogP contribution >= 0.6 is 15.9 Å². The first-order valence-electron chi connectivity index (χ1n) is 8.67. The van der Waals surface area contributed by atoms with Gasteiger partial charge in [-0.25, -0.2) is 8.42 Å². The largest absolute Gasteiger partial charge is 0.312 e. The number of anilines is 2. The van der Waals surface area contributed by atoms with E-state index in [1.165, 1.54) is 0 Å². The molecule has 2 aromatic carbocycles. The summed E-state index contributed by atoms with van der Waals surface area (Å²) in [5.74, 6) is 0.308. The Morgan fingerprint density at radius 2 is 1.85 bits per heavy atom. The molecule has 0 saturated heterocycles. The number of hydrogen-bond acceptors (Lipinski definition) is 3. The molecule has 0 spiro atoms. The molecule has 4 rings (SSSR count). The van der Waals surface area contributed by atoms with Crippen LogP contribution in [0.3, 0.4) is 0 Å². The molecule has 136 valence electrons. The van der Waals surface area contributed by atoms with Gasteiger partial charge in [0.25, 0.3) is 10.0 Å². The molecule has 1 aliphatic carbocycles. The number of benzene rings is 2. The third-order valence-electron chi connectivity index (χ3n) is 4.77. The second-order valence-corrected chi connectivity index (χ2v) is 9.37. The Morgan fingerprint density at radius 3 is 2.54 bits per heavy atom. The molecular formula is C19H19BrN2O3S. The lowest BCUT2D eigenvalue weighted by Gasteiger charge is -2.30. The fourth-order valence-corrected chi connectivity index (χ4v) is 4.56. The number of nitrogens with zero attached hydrogens (tertiary/aromatic N) is 1. The zero-order valence-electron chi connectivity index (χ0n) is 14.1. The zero-order chi connectivity index (χ0) is 18.3. The van der Waals surface area contributed by atoms with Crippen LogP contribution in [-0.2, 0) is 21.2 Å². The summed E-state index contributed by atoms with van der Waals surface area (Å²) in [6.07, 6.45) is 3.76. The molecule has 1 saturated carbocycles. The average Bonchev–Trinajstić information content (AvgIpc) is 3.46. The number of carbonyl (C=O) groups excluding carboxylic acids is 1. The van der Waals surface area contributed by atoms with E-state index in [-0.39, 0.29) is 16.7 Å². The third-order valence-corrected chi connectivity index (χ3v) is 6.70. The summed E-state index contributed by atoms with van der Waals surface area (Å²) in [6.45, 7) is 0.700. The molecule has 5 nitrogen and oxygen atoms in total. The molecular weight excluding hydrogens is 416 g/mol. The molecule has 0 aromatic heterocycles. The molecule has 1 N–H and O–H groups in total. The Kier molecular flexibility index (Phi) is 4.52. The van der Waals surface area contributed by atoms with Gasteiger partial charge in [0.05, 0.1) is 10.6 Å². The molecule has 0 bridgehead atoms. The van der Waals surface area contributed by atoms with Gasteiger partial charge in [0, 0.05) is 22.6 Å². The summed E-state index contributed by atoms with van der Waals surface area (Å²) in [6, 6.07) is 11.9. The molecule has 1 heterocycles. The summed E-state index contributed by atoms with van der Waals surface area (Å²) in [7, 11) is -3.67. The quantitative estimate of drug-likeness (QED) is 0.791. The van der Waals surface area contributed by atoms with Gasteiger partial charge in [0.2, 0.25) is 5.91 Å². The summed E-state index contributed by atoms with van der Waals surface area (Å²) in [4.78, 5) is 14.6. The van der Waals surface area contributed by atoms with E-state index >= 15 is 0 Å². The van der Waals surface area contributed by atoms with E-state index in [9.17, 15) is 13.2 Å². The maximum Gasteiger partial charge on any atom is 0.261 e. The maximum atomic E-state index is 12.6. The van der Waals surface area contributed by atoms with E-state index in [0.717, 1.165) is 41.4 Å². The number of aryl methyl sites for hydroxylation is 1. The van der Waals surface area contributed by atoms with Crippen LogP contribution in [0.25, 0.3) is 0 Å². The minimum atomic E-state index is -3.67. The van der Waals surface area contributed by atoms with E-state index in [4.69, 9.17) is 0 Å². The molecule has 0 unspecified atom stereocenters. The van der Waals surface area contributed by atoms with Crippen molar-refractivity contribution in [1.29, 1.82) is 0 Å². The first kappa shape index (κ1) is 17.5. The second-order valence-electron chi connectivity index (χ2n) is 6.77. The summed E-state index contributed by atoms with van der Waals surface area (Å²) in [5, 5.41) is 0. The molecule has 0 radical (unpaired) electrons. The number of carbonyl (C=O) groups is 1. The zero-order valence-corrected chi connectivity index (χ0v) is 16.5. The summed E-state index contributed by atoms with van der Waals surface area (Å²) in [5.41, 5.74) is 2.41. The van der Waals surface area contributed by atoms with Crippen LogP contribution < -0.4 is 9.62 Å². The van der Waals surface area contributed by atoms with Gasteiger partial charge < -0.3 is 4.90 Å². The van der Waals surface area contributed by atoms with Crippen molar-refractivity contribution in [3.63, 3.8) is 0 Å². The highest BCUT2D eigenvalue weighted by molar-refractivity contribution is 9.10. The number of hydrogen-bond donors (Lipinski definition) is 1. The Hall–Kier alpha value is -1.86. The van der Waals surface area contributed by atoms with Gasteiger partial charge in [-0.15, -0.1) is 0 Å². The van der Waals surface area contributed by atoms with Gasteiger partial charge in [-0.05, 0) is 67.6 Å². The van der Waals surface area contributed by atoms with E-state index < -0.39 is 10.0 Å². The lowest BCUT2D eigenvalue weighted by Crippen LogP contribution is -2.36. The first-order chi connectivity index (χ1) is 12.4. The fraction of sp³-hybridized carbons (Fsp3) is 0.316. The van der Waals surface area contributed by atoms with E-state index in [2.05, 4.69) is 20.7 Å². The van der Waals surface area contributed by atoms with Crippen molar-refractivity contribution in [2.75, 3.05) is 16.2 Å². The van der Waals surface area contributed by atoms with Crippen LogP contribution in [0.1, 0.15) is 24.8 Å². The Bertz CT molecular complexity index is 953. The second kappa shape index (κ2) is 6.70. The molecule has 1 amide bonds. The Labute approximate surface area is 161 Å². The van der Waals surface area contributed by atoms with Gasteiger partial charge >= 0.3 is 0 Å². The van der Waals surface area contributed by atoms with E-state index in [1.54, 1.807) is 36.4 Å². The van der Waals surface area contributed by atoms with Crippen molar-refractivity contribution in [2.24, 2.45) is 5.92 Å². The number of rotatable bonds is 4. The summed E-state index contributed by atoms with van der Waals surface area (Å²) < 4.78 is 28.7. The van der Waals surface area contributed by atoms with Gasteiger partial charge in [-0.3, -0.25) is 9.52 Å². The highest BCUT2D eigenvalue weighted by Gasteiger charge is 2.35. The minimum absolute atomic E-state index is 0.143. The van der Waals surface area contributed by atoms with Crippen LogP contribution in [0.5, 0.6) is 0 Å². The van der Waals surface area contributed by atoms with Crippen LogP contribution in [-0.4, -0.2) is 20.9 Å². The Balaban J connectivity index is 1.63. The molecule has 2 aliphatic rings. The van der Waals surface area contributed by atoms with Crippen molar-refractivity contribution >= 4 is 43.2 Å². The fourth-order valence-electron chi connectivity index (χ4n) is 3.25. The molecule has 2 aromatic rings. The molecule has 26 heavy (non-hydrogen) atoms. The predicted octanol–water partition coefficient (Wildman–Crippen LogP) is 3.94. The lowest BCUT2D eigenvalue weighted by molar-refractivity contribution is -0.119. The average molecular weight is 435 g/mol. The minimum Gasteiger partial charge on any atom is -0.312 e. The van der Waals surface area contributed by atoms with Gasteiger partial charge in [0.15, 0.2) is 0 Å². The van der Waals surface area contributed by atoms with Crippen molar-refractivity contribution < 1.29 is 13.2 Å². The van der Waals surface area contributed by atoms with Gasteiger partial charge in [-0.2, -0.15) is 0 Å². The molecule has 1 aliphatic heterocycles. The normalized spacial score (nSPS) is 16.9. The monoisotopic (exact) mass is 434 g/mol. The highest BCUT2D eigenvalue weighted by Crippen LogP contribution is 2.37. The van der Waals surface area contributed by atoms with E-state index in [1.807, 2.05) is 11.0 Å². The van der Waals surface area contributed by atoms with Crippen LogP contribution in [0.4, 0.5) is 11.4 Å². The van der Waals surface area contributed by atoms with E-state index in [0.29, 0.717) is 12.2 Å². The first-order valence-corrected chi connectivity index (χ1v) is 10.9. The number of sulfonamides is 1. The SMILES string of the molecule is O=C(C1CC1)N1CCCc2ccc(NS(=O)(=O)c3ccc(Br)cc3)cc21. The number of fused-ring (bicyclic) bond motifs is 1. The van der Waals surface area contributed by atoms with Gasteiger partial charge in [0.1, 0.15) is 0 Å².